The molecular weight excluding hydrogens is 478 g/mol. The lowest BCUT2D eigenvalue weighted by Gasteiger charge is -2.24. The predicted molar refractivity (Wildman–Crippen MR) is 123 cm³/mol. The number of amides is 4. The van der Waals surface area contributed by atoms with Crippen LogP contribution in [0.5, 0.6) is 0 Å². The fourth-order valence-electron chi connectivity index (χ4n) is 2.51. The van der Waals surface area contributed by atoms with Gasteiger partial charge in [0.05, 0.1) is 18.9 Å². The lowest BCUT2D eigenvalue weighted by molar-refractivity contribution is -0.142. The zero-order valence-electron chi connectivity index (χ0n) is 18.4. The quantitative estimate of drug-likeness (QED) is 0.110. The maximum Gasteiger partial charge on any atom is 0.326 e. The molecule has 0 aromatic carbocycles. The normalized spacial score (nSPS) is 14.3. The fourth-order valence-corrected chi connectivity index (χ4v) is 3.46. The molecule has 0 saturated carbocycles. The monoisotopic (exact) mass is 509 g/mol. The first kappa shape index (κ1) is 30.5. The van der Waals surface area contributed by atoms with Crippen molar-refractivity contribution in [3.8, 4) is 0 Å². The van der Waals surface area contributed by atoms with Gasteiger partial charge < -0.3 is 37.6 Å². The van der Waals surface area contributed by atoms with Crippen molar-refractivity contribution in [3.05, 3.63) is 0 Å². The lowest BCUT2D eigenvalue weighted by Crippen LogP contribution is -2.58. The van der Waals surface area contributed by atoms with E-state index in [1.54, 1.807) is 12.5 Å². The van der Waals surface area contributed by atoms with Gasteiger partial charge in [-0.05, 0) is 36.9 Å². The molecule has 0 aliphatic heterocycles. The van der Waals surface area contributed by atoms with Crippen molar-refractivity contribution in [2.75, 3.05) is 24.0 Å². The highest BCUT2D eigenvalue weighted by Crippen LogP contribution is 2.06. The molecule has 0 fully saturated rings. The van der Waals surface area contributed by atoms with Gasteiger partial charge in [0.1, 0.15) is 18.1 Å². The molecule has 0 heterocycles. The molecular formula is C18H31N5O8S2. The third-order valence-electron chi connectivity index (χ3n) is 4.24. The van der Waals surface area contributed by atoms with E-state index in [1.165, 1.54) is 23.5 Å². The molecule has 0 aromatic heterocycles. The highest BCUT2D eigenvalue weighted by atomic mass is 32.2. The topological polar surface area (TPSA) is 231 Å². The molecule has 0 saturated heterocycles. The zero-order valence-corrected chi connectivity index (χ0v) is 20.0. The number of primary amides is 1. The molecule has 0 bridgehead atoms. The smallest absolute Gasteiger partial charge is 0.326 e. The number of carbonyl (C=O) groups is 6. The SMILES string of the molecule is CSCCC(NC(=O)C(CCSC)NC(=O)C(CC(N)=O)NC(=O)C(N)CC(=O)O)C(=O)O. The molecule has 0 aliphatic rings. The van der Waals surface area contributed by atoms with Gasteiger partial charge in [-0.25, -0.2) is 4.79 Å². The number of carboxylic acids is 2. The molecule has 13 nitrogen and oxygen atoms in total. The van der Waals surface area contributed by atoms with E-state index >= 15 is 0 Å². The van der Waals surface area contributed by atoms with E-state index < -0.39 is 72.6 Å². The van der Waals surface area contributed by atoms with Crippen molar-refractivity contribution >= 4 is 59.1 Å². The largest absolute Gasteiger partial charge is 0.481 e. The Bertz CT molecular complexity index is 724. The summed E-state index contributed by atoms with van der Waals surface area (Å²) < 4.78 is 0. The van der Waals surface area contributed by atoms with Gasteiger partial charge in [-0.15, -0.1) is 0 Å². The number of aliphatic carboxylic acids is 2. The molecule has 4 unspecified atom stereocenters. The van der Waals surface area contributed by atoms with E-state index in [1.807, 2.05) is 0 Å². The first-order chi connectivity index (χ1) is 15.4. The molecule has 0 radical (unpaired) electrons. The van der Waals surface area contributed by atoms with Gasteiger partial charge in [0, 0.05) is 0 Å². The highest BCUT2D eigenvalue weighted by molar-refractivity contribution is 7.98. The molecule has 15 heteroatoms. The molecule has 4 amide bonds. The third-order valence-corrected chi connectivity index (χ3v) is 5.53. The summed E-state index contributed by atoms with van der Waals surface area (Å²) in [5.74, 6) is -5.23. The summed E-state index contributed by atoms with van der Waals surface area (Å²) in [5, 5.41) is 25.0. The third kappa shape index (κ3) is 12.9. The van der Waals surface area contributed by atoms with Crippen molar-refractivity contribution < 1.29 is 39.0 Å². The molecule has 0 aliphatic carbocycles. The summed E-state index contributed by atoms with van der Waals surface area (Å²) >= 11 is 2.80. The van der Waals surface area contributed by atoms with Crippen LogP contribution in [-0.4, -0.2) is 94.0 Å². The van der Waals surface area contributed by atoms with Crippen LogP contribution < -0.4 is 27.4 Å². The second kappa shape index (κ2) is 16.1. The van der Waals surface area contributed by atoms with Crippen LogP contribution in [0.3, 0.4) is 0 Å². The van der Waals surface area contributed by atoms with Crippen molar-refractivity contribution in [1.82, 2.24) is 16.0 Å². The van der Waals surface area contributed by atoms with E-state index in [0.29, 0.717) is 11.5 Å². The van der Waals surface area contributed by atoms with Gasteiger partial charge in [-0.3, -0.25) is 24.0 Å². The molecule has 0 rings (SSSR count). The van der Waals surface area contributed by atoms with Crippen LogP contribution in [0.25, 0.3) is 0 Å². The number of carbonyl (C=O) groups excluding carboxylic acids is 4. The average molecular weight is 510 g/mol. The van der Waals surface area contributed by atoms with Gasteiger partial charge >= 0.3 is 11.9 Å². The second-order valence-corrected chi connectivity index (χ2v) is 8.93. The second-order valence-electron chi connectivity index (χ2n) is 6.96. The zero-order chi connectivity index (χ0) is 25.6. The van der Waals surface area contributed by atoms with Gasteiger partial charge in [0.15, 0.2) is 0 Å². The van der Waals surface area contributed by atoms with Gasteiger partial charge in [0.25, 0.3) is 0 Å². The molecule has 4 atom stereocenters. The fraction of sp³-hybridized carbons (Fsp3) is 0.667. The maximum atomic E-state index is 12.7. The first-order valence-corrected chi connectivity index (χ1v) is 12.6. The van der Waals surface area contributed by atoms with Crippen LogP contribution in [0.15, 0.2) is 0 Å². The van der Waals surface area contributed by atoms with E-state index in [0.717, 1.165) is 0 Å². The first-order valence-electron chi connectivity index (χ1n) is 9.80. The van der Waals surface area contributed by atoms with Crippen LogP contribution in [0.4, 0.5) is 0 Å². The van der Waals surface area contributed by atoms with Crippen molar-refractivity contribution in [2.45, 2.75) is 49.9 Å². The van der Waals surface area contributed by atoms with Crippen molar-refractivity contribution in [1.29, 1.82) is 0 Å². The van der Waals surface area contributed by atoms with Gasteiger partial charge in [-0.1, -0.05) is 0 Å². The molecule has 0 aromatic rings. The minimum atomic E-state index is -1.51. The summed E-state index contributed by atoms with van der Waals surface area (Å²) in [7, 11) is 0. The predicted octanol–water partition coefficient (Wildman–Crippen LogP) is -2.29. The Morgan fingerprint density at radius 3 is 1.67 bits per heavy atom. The van der Waals surface area contributed by atoms with Crippen molar-refractivity contribution in [2.24, 2.45) is 11.5 Å². The average Bonchev–Trinajstić information content (AvgIpc) is 2.71. The lowest BCUT2D eigenvalue weighted by atomic mass is 10.1. The number of nitrogens with two attached hydrogens (primary N) is 2. The van der Waals surface area contributed by atoms with E-state index in [4.69, 9.17) is 16.6 Å². The summed E-state index contributed by atoms with van der Waals surface area (Å²) in [6.45, 7) is 0. The van der Waals surface area contributed by atoms with E-state index in [2.05, 4.69) is 16.0 Å². The number of rotatable bonds is 17. The van der Waals surface area contributed by atoms with Crippen LogP contribution in [-0.2, 0) is 28.8 Å². The Labute approximate surface area is 199 Å². The summed E-state index contributed by atoms with van der Waals surface area (Å²) in [5.41, 5.74) is 10.6. The summed E-state index contributed by atoms with van der Waals surface area (Å²) in [4.78, 5) is 71.1. The van der Waals surface area contributed by atoms with Crippen LogP contribution in [0, 0.1) is 0 Å². The number of hydrogen-bond acceptors (Lipinski definition) is 9. The van der Waals surface area contributed by atoms with Crippen LogP contribution in [0.1, 0.15) is 25.7 Å². The molecule has 33 heavy (non-hydrogen) atoms. The molecule has 188 valence electrons. The summed E-state index contributed by atoms with van der Waals surface area (Å²) in [6, 6.07) is -5.30. The molecule has 9 N–H and O–H groups in total. The van der Waals surface area contributed by atoms with Crippen molar-refractivity contribution in [3.63, 3.8) is 0 Å². The number of carboxylic acid groups (broad SMARTS) is 2. The minimum absolute atomic E-state index is 0.142. The standard InChI is InChI=1S/C18H31N5O8S2/c1-32-5-3-10(16(28)22-11(18(30)31)4-6-33-2)21-17(29)12(8-13(20)24)23-15(27)9(19)7-14(25)26/h9-12H,3-8,19H2,1-2H3,(H2,20,24)(H,21,29)(H,22,28)(H,23,27)(H,25,26)(H,30,31). The minimum Gasteiger partial charge on any atom is -0.481 e. The Balaban J connectivity index is 5.45. The van der Waals surface area contributed by atoms with E-state index in [9.17, 15) is 33.9 Å². The summed E-state index contributed by atoms with van der Waals surface area (Å²) in [6.07, 6.45) is 2.55. The molecule has 0 spiro atoms. The van der Waals surface area contributed by atoms with Crippen LogP contribution in [0.2, 0.25) is 0 Å². The Morgan fingerprint density at radius 1 is 0.758 bits per heavy atom. The maximum absolute atomic E-state index is 12.7. The van der Waals surface area contributed by atoms with Crippen LogP contribution >= 0.6 is 23.5 Å². The Hall–Kier alpha value is -2.52. The highest BCUT2D eigenvalue weighted by Gasteiger charge is 2.31. The Kier molecular flexibility index (Phi) is 14.9. The number of thioether (sulfide) groups is 2. The number of nitrogens with one attached hydrogen (secondary N) is 3. The Morgan fingerprint density at radius 2 is 1.21 bits per heavy atom. The van der Waals surface area contributed by atoms with E-state index in [-0.39, 0.29) is 12.8 Å². The number of hydrogen-bond donors (Lipinski definition) is 7. The van der Waals surface area contributed by atoms with Gasteiger partial charge in [0.2, 0.25) is 23.6 Å². The van der Waals surface area contributed by atoms with Gasteiger partial charge in [-0.2, -0.15) is 23.5 Å².